The topological polar surface area (TPSA) is 102 Å². The van der Waals surface area contributed by atoms with Gasteiger partial charge in [-0.15, -0.1) is 11.8 Å². The quantitative estimate of drug-likeness (QED) is 0.571. The molecule has 0 aliphatic carbocycles. The van der Waals surface area contributed by atoms with E-state index in [1.165, 1.54) is 24.3 Å². The molecule has 0 fully saturated rings. The Kier molecular flexibility index (Phi) is 6.42. The Balaban J connectivity index is 1.50. The van der Waals surface area contributed by atoms with Gasteiger partial charge < -0.3 is 15.8 Å². The van der Waals surface area contributed by atoms with E-state index in [0.29, 0.717) is 11.4 Å². The molecular weight excluding hydrogens is 426 g/mol. The molecule has 3 amide bonds. The van der Waals surface area contributed by atoms with Crippen molar-refractivity contribution < 1.29 is 19.1 Å². The number of hydrogen-bond donors (Lipinski definition) is 2. The van der Waals surface area contributed by atoms with E-state index >= 15 is 0 Å². The predicted octanol–water partition coefficient (Wildman–Crippen LogP) is 4.21. The first-order valence-corrected chi connectivity index (χ1v) is 10.9. The van der Waals surface area contributed by atoms with Crippen molar-refractivity contribution in [2.75, 3.05) is 22.6 Å². The molecule has 8 heteroatoms. The van der Waals surface area contributed by atoms with Crippen molar-refractivity contribution in [3.05, 3.63) is 90.0 Å². The molecule has 1 unspecified atom stereocenters. The highest BCUT2D eigenvalue weighted by atomic mass is 32.2. The molecule has 0 bridgehead atoms. The van der Waals surface area contributed by atoms with Crippen LogP contribution in [0, 0.1) is 0 Å². The van der Waals surface area contributed by atoms with E-state index in [1.807, 2.05) is 54.6 Å². The number of nitrogens with two attached hydrogens (primary N) is 1. The summed E-state index contributed by atoms with van der Waals surface area (Å²) in [5.74, 6) is -0.221. The zero-order chi connectivity index (χ0) is 22.5. The molecular formula is C24H21N3O4S. The Morgan fingerprint density at radius 1 is 0.969 bits per heavy atom. The van der Waals surface area contributed by atoms with Gasteiger partial charge in [0, 0.05) is 16.3 Å². The highest BCUT2D eigenvalue weighted by Gasteiger charge is 2.32. The maximum atomic E-state index is 13.2. The molecule has 1 atom stereocenters. The van der Waals surface area contributed by atoms with Gasteiger partial charge in [0.2, 0.25) is 0 Å². The number of rotatable bonds is 5. The molecule has 0 aromatic heterocycles. The van der Waals surface area contributed by atoms with Crippen LogP contribution in [0.1, 0.15) is 22.0 Å². The lowest BCUT2D eigenvalue weighted by molar-refractivity contribution is -0.122. The van der Waals surface area contributed by atoms with E-state index < -0.39 is 12.0 Å². The number of ether oxygens (including phenoxy) is 1. The van der Waals surface area contributed by atoms with Crippen LogP contribution in [0.4, 0.5) is 16.2 Å². The minimum Gasteiger partial charge on any atom is -0.452 e. The highest BCUT2D eigenvalue weighted by molar-refractivity contribution is 7.99. The van der Waals surface area contributed by atoms with Crippen LogP contribution in [0.5, 0.6) is 0 Å². The molecule has 4 rings (SSSR count). The number of benzene rings is 3. The normalized spacial score (nSPS) is 14.9. The number of para-hydroxylation sites is 1. The second-order valence-corrected chi connectivity index (χ2v) is 8.17. The summed E-state index contributed by atoms with van der Waals surface area (Å²) < 4.78 is 5.31. The summed E-state index contributed by atoms with van der Waals surface area (Å²) in [6, 6.07) is 22.7. The minimum absolute atomic E-state index is 0.165. The number of anilines is 2. The zero-order valence-electron chi connectivity index (χ0n) is 17.1. The number of nitrogens with one attached hydrogen (secondary N) is 1. The maximum Gasteiger partial charge on any atom is 0.338 e. The van der Waals surface area contributed by atoms with E-state index in [9.17, 15) is 14.4 Å². The van der Waals surface area contributed by atoms with Gasteiger partial charge in [-0.05, 0) is 42.0 Å². The molecule has 3 aromatic carbocycles. The number of thioether (sulfide) groups is 1. The van der Waals surface area contributed by atoms with Gasteiger partial charge in [-0.3, -0.25) is 9.69 Å². The fraction of sp³-hybridized carbons (Fsp3) is 0.125. The lowest BCUT2D eigenvalue weighted by atomic mass is 10.1. The number of fused-ring (bicyclic) bond motifs is 1. The fourth-order valence-electron chi connectivity index (χ4n) is 3.53. The highest BCUT2D eigenvalue weighted by Crippen LogP contribution is 2.43. The number of esters is 1. The van der Waals surface area contributed by atoms with Gasteiger partial charge >= 0.3 is 12.0 Å². The van der Waals surface area contributed by atoms with E-state index in [0.717, 1.165) is 16.1 Å². The number of nitrogens with zero attached hydrogens (tertiary/aromatic N) is 1. The molecule has 1 heterocycles. The molecule has 3 aromatic rings. The van der Waals surface area contributed by atoms with Gasteiger partial charge in [-0.1, -0.05) is 42.5 Å². The first-order valence-electron chi connectivity index (χ1n) is 9.95. The predicted molar refractivity (Wildman–Crippen MR) is 124 cm³/mol. The summed E-state index contributed by atoms with van der Waals surface area (Å²) in [6.07, 6.45) is 0. The van der Waals surface area contributed by atoms with Crippen LogP contribution in [0.25, 0.3) is 0 Å². The van der Waals surface area contributed by atoms with Crippen molar-refractivity contribution in [2.45, 2.75) is 10.9 Å². The Labute approximate surface area is 189 Å². The van der Waals surface area contributed by atoms with E-state index in [2.05, 4.69) is 5.32 Å². The Morgan fingerprint density at radius 2 is 1.66 bits per heavy atom. The largest absolute Gasteiger partial charge is 0.452 e. The van der Waals surface area contributed by atoms with Gasteiger partial charge in [0.1, 0.15) is 0 Å². The molecule has 0 saturated heterocycles. The third-order valence-corrected chi connectivity index (χ3v) is 6.14. The van der Waals surface area contributed by atoms with Crippen molar-refractivity contribution in [2.24, 2.45) is 5.73 Å². The minimum atomic E-state index is -0.695. The number of hydrogen-bond acceptors (Lipinski definition) is 5. The average Bonchev–Trinajstić information content (AvgIpc) is 2.82. The molecule has 1 aliphatic heterocycles. The number of carbonyl (C=O) groups is 3. The Hall–Kier alpha value is -3.78. The second-order valence-electron chi connectivity index (χ2n) is 7.11. The lowest BCUT2D eigenvalue weighted by Crippen LogP contribution is -2.41. The third-order valence-electron chi connectivity index (χ3n) is 5.00. The van der Waals surface area contributed by atoms with Crippen LogP contribution in [-0.4, -0.2) is 30.3 Å². The van der Waals surface area contributed by atoms with Crippen LogP contribution >= 0.6 is 11.8 Å². The summed E-state index contributed by atoms with van der Waals surface area (Å²) in [6.45, 7) is -0.386. The number of primary amides is 1. The first-order chi connectivity index (χ1) is 15.5. The SMILES string of the molecule is NC(=O)Nc1ccc(C(=O)OCC(=O)N2c3ccccc3SCC2c2ccccc2)cc1. The van der Waals surface area contributed by atoms with Gasteiger partial charge in [0.15, 0.2) is 6.61 Å². The summed E-state index contributed by atoms with van der Waals surface area (Å²) in [7, 11) is 0. The van der Waals surface area contributed by atoms with Crippen molar-refractivity contribution in [1.29, 1.82) is 0 Å². The van der Waals surface area contributed by atoms with Crippen LogP contribution in [0.15, 0.2) is 83.8 Å². The van der Waals surface area contributed by atoms with Crippen molar-refractivity contribution in [1.82, 2.24) is 0 Å². The molecule has 1 aliphatic rings. The standard InChI is InChI=1S/C24H21N3O4S/c25-24(30)26-18-12-10-17(11-13-18)23(29)31-14-22(28)27-19-8-4-5-9-21(19)32-15-20(27)16-6-2-1-3-7-16/h1-13,20H,14-15H2,(H3,25,26,30). The molecule has 7 nitrogen and oxygen atoms in total. The number of urea groups is 1. The Morgan fingerprint density at radius 3 is 2.38 bits per heavy atom. The van der Waals surface area contributed by atoms with Crippen molar-refractivity contribution in [3.8, 4) is 0 Å². The van der Waals surface area contributed by atoms with Crippen LogP contribution < -0.4 is 16.0 Å². The molecule has 32 heavy (non-hydrogen) atoms. The van der Waals surface area contributed by atoms with Crippen molar-refractivity contribution in [3.63, 3.8) is 0 Å². The summed E-state index contributed by atoms with van der Waals surface area (Å²) in [5, 5.41) is 2.42. The van der Waals surface area contributed by atoms with Gasteiger partial charge in [0.05, 0.1) is 17.3 Å². The first kappa shape index (κ1) is 21.5. The third kappa shape index (κ3) is 4.76. The van der Waals surface area contributed by atoms with E-state index in [-0.39, 0.29) is 24.1 Å². The molecule has 0 radical (unpaired) electrons. The van der Waals surface area contributed by atoms with Crippen LogP contribution in [0.2, 0.25) is 0 Å². The molecule has 0 spiro atoms. The zero-order valence-corrected chi connectivity index (χ0v) is 17.9. The van der Waals surface area contributed by atoms with Gasteiger partial charge in [-0.25, -0.2) is 9.59 Å². The van der Waals surface area contributed by atoms with Gasteiger partial charge in [-0.2, -0.15) is 0 Å². The smallest absolute Gasteiger partial charge is 0.338 e. The lowest BCUT2D eigenvalue weighted by Gasteiger charge is -2.37. The van der Waals surface area contributed by atoms with E-state index in [4.69, 9.17) is 10.5 Å². The maximum absolute atomic E-state index is 13.2. The molecule has 3 N–H and O–H groups in total. The van der Waals surface area contributed by atoms with Crippen LogP contribution in [0.3, 0.4) is 0 Å². The number of carbonyl (C=O) groups excluding carboxylic acids is 3. The average molecular weight is 448 g/mol. The van der Waals surface area contributed by atoms with Gasteiger partial charge in [0.25, 0.3) is 5.91 Å². The summed E-state index contributed by atoms with van der Waals surface area (Å²) >= 11 is 1.70. The fourth-order valence-corrected chi connectivity index (χ4v) is 4.70. The van der Waals surface area contributed by atoms with Crippen LogP contribution in [-0.2, 0) is 9.53 Å². The van der Waals surface area contributed by atoms with E-state index in [1.54, 1.807) is 16.7 Å². The van der Waals surface area contributed by atoms with Crippen molar-refractivity contribution >= 4 is 41.0 Å². The summed E-state index contributed by atoms with van der Waals surface area (Å²) in [4.78, 5) is 39.3. The molecule has 162 valence electrons. The Bertz CT molecular complexity index is 1140. The summed E-state index contributed by atoms with van der Waals surface area (Å²) in [5.41, 5.74) is 7.62. The molecule has 0 saturated carbocycles. The monoisotopic (exact) mass is 447 g/mol. The number of amides is 3. The second kappa shape index (κ2) is 9.57.